The number of hydrogen-bond acceptors (Lipinski definition) is 2. The van der Waals surface area contributed by atoms with Gasteiger partial charge in [-0.15, -0.1) is 0 Å². The molecule has 16 heavy (non-hydrogen) atoms. The fourth-order valence-electron chi connectivity index (χ4n) is 1.82. The third-order valence-electron chi connectivity index (χ3n) is 2.70. The zero-order valence-electron chi connectivity index (χ0n) is 9.27. The number of aliphatic hydroxyl groups excluding tert-OH is 1. The smallest absolute Gasteiger partial charge is 0.0702 e. The molecule has 0 aliphatic rings. The summed E-state index contributed by atoms with van der Waals surface area (Å²) in [4.78, 5) is 0. The summed E-state index contributed by atoms with van der Waals surface area (Å²) in [6.07, 6.45) is 0. The maximum absolute atomic E-state index is 9.16. The van der Waals surface area contributed by atoms with E-state index < -0.39 is 0 Å². The lowest BCUT2D eigenvalue weighted by Gasteiger charge is -2.10. The van der Waals surface area contributed by atoms with Crippen molar-refractivity contribution < 1.29 is 5.11 Å². The van der Waals surface area contributed by atoms with Gasteiger partial charge in [0.15, 0.2) is 0 Å². The van der Waals surface area contributed by atoms with Crippen LogP contribution in [0.25, 0.3) is 11.1 Å². The van der Waals surface area contributed by atoms with Crippen LogP contribution in [0.4, 0.5) is 5.69 Å². The Morgan fingerprint density at radius 3 is 2.56 bits per heavy atom. The van der Waals surface area contributed by atoms with Crippen LogP contribution in [0.2, 0.25) is 0 Å². The lowest BCUT2D eigenvalue weighted by atomic mass is 9.99. The molecule has 82 valence electrons. The number of rotatable bonds is 2. The van der Waals surface area contributed by atoms with E-state index in [1.807, 2.05) is 30.3 Å². The molecule has 0 radical (unpaired) electrons. The van der Waals surface area contributed by atoms with Crippen LogP contribution in [0, 0.1) is 6.92 Å². The monoisotopic (exact) mass is 213 g/mol. The van der Waals surface area contributed by atoms with Crippen molar-refractivity contribution >= 4 is 5.69 Å². The molecule has 2 nitrogen and oxygen atoms in total. The fraction of sp³-hybridized carbons (Fsp3) is 0.143. The standard InChI is InChI=1S/C14H15NO/c1-10-4-2-5-11(8-10)13-7-3-6-12(9-16)14(13)15/h2-8,16H,9,15H2,1H3. The fourth-order valence-corrected chi connectivity index (χ4v) is 1.82. The number of nitrogen functional groups attached to an aromatic ring is 1. The SMILES string of the molecule is Cc1cccc(-c2cccc(CO)c2N)c1. The minimum Gasteiger partial charge on any atom is -0.398 e. The van der Waals surface area contributed by atoms with Crippen LogP contribution in [-0.4, -0.2) is 5.11 Å². The summed E-state index contributed by atoms with van der Waals surface area (Å²) in [5.74, 6) is 0. The normalized spacial score (nSPS) is 10.4. The van der Waals surface area contributed by atoms with E-state index >= 15 is 0 Å². The van der Waals surface area contributed by atoms with Crippen molar-refractivity contribution in [2.45, 2.75) is 13.5 Å². The summed E-state index contributed by atoms with van der Waals surface area (Å²) >= 11 is 0. The summed E-state index contributed by atoms with van der Waals surface area (Å²) in [5, 5.41) is 9.16. The van der Waals surface area contributed by atoms with Crippen LogP contribution in [0.15, 0.2) is 42.5 Å². The Bertz CT molecular complexity index is 506. The Kier molecular flexibility index (Phi) is 2.93. The Morgan fingerprint density at radius 1 is 1.12 bits per heavy atom. The largest absolute Gasteiger partial charge is 0.398 e. The summed E-state index contributed by atoms with van der Waals surface area (Å²) in [6, 6.07) is 13.9. The Morgan fingerprint density at radius 2 is 1.88 bits per heavy atom. The Hall–Kier alpha value is -1.80. The molecule has 0 heterocycles. The second-order valence-corrected chi connectivity index (χ2v) is 3.91. The molecule has 0 unspecified atom stereocenters. The summed E-state index contributed by atoms with van der Waals surface area (Å²) in [7, 11) is 0. The van der Waals surface area contributed by atoms with E-state index in [2.05, 4.69) is 19.1 Å². The van der Waals surface area contributed by atoms with Crippen LogP contribution in [-0.2, 0) is 6.61 Å². The second kappa shape index (κ2) is 4.37. The van der Waals surface area contributed by atoms with E-state index in [1.165, 1.54) is 5.56 Å². The van der Waals surface area contributed by atoms with E-state index in [4.69, 9.17) is 10.8 Å². The maximum atomic E-state index is 9.16. The number of aryl methyl sites for hydroxylation is 1. The third kappa shape index (κ3) is 1.92. The highest BCUT2D eigenvalue weighted by atomic mass is 16.3. The van der Waals surface area contributed by atoms with Crippen molar-refractivity contribution in [3.63, 3.8) is 0 Å². The van der Waals surface area contributed by atoms with Crippen molar-refractivity contribution in [2.24, 2.45) is 0 Å². The van der Waals surface area contributed by atoms with Gasteiger partial charge in [-0.2, -0.15) is 0 Å². The molecule has 0 saturated heterocycles. The molecule has 0 aliphatic heterocycles. The molecule has 0 aliphatic carbocycles. The zero-order chi connectivity index (χ0) is 11.5. The van der Waals surface area contributed by atoms with Crippen molar-refractivity contribution in [2.75, 3.05) is 5.73 Å². The molecule has 2 rings (SSSR count). The van der Waals surface area contributed by atoms with Crippen molar-refractivity contribution in [3.8, 4) is 11.1 Å². The van der Waals surface area contributed by atoms with E-state index in [-0.39, 0.29) is 6.61 Å². The molecule has 3 N–H and O–H groups in total. The molecule has 2 heteroatoms. The first-order valence-electron chi connectivity index (χ1n) is 5.27. The minimum atomic E-state index is -0.0223. The Labute approximate surface area is 95.4 Å². The number of aliphatic hydroxyl groups is 1. The van der Waals surface area contributed by atoms with Gasteiger partial charge in [-0.1, -0.05) is 48.0 Å². The van der Waals surface area contributed by atoms with Crippen molar-refractivity contribution in [1.82, 2.24) is 0 Å². The number of para-hydroxylation sites is 1. The second-order valence-electron chi connectivity index (χ2n) is 3.91. The molecule has 2 aromatic rings. The van der Waals surface area contributed by atoms with Gasteiger partial charge >= 0.3 is 0 Å². The summed E-state index contributed by atoms with van der Waals surface area (Å²) in [6.45, 7) is 2.03. The molecular formula is C14H15NO. The van der Waals surface area contributed by atoms with E-state index in [9.17, 15) is 0 Å². The van der Waals surface area contributed by atoms with Crippen molar-refractivity contribution in [3.05, 3.63) is 53.6 Å². The molecule has 0 saturated carbocycles. The number of nitrogens with two attached hydrogens (primary N) is 1. The molecule has 0 bridgehead atoms. The quantitative estimate of drug-likeness (QED) is 0.753. The highest BCUT2D eigenvalue weighted by Gasteiger charge is 2.05. The predicted molar refractivity (Wildman–Crippen MR) is 67.0 cm³/mol. The molecule has 0 atom stereocenters. The van der Waals surface area contributed by atoms with Crippen LogP contribution < -0.4 is 5.73 Å². The van der Waals surface area contributed by atoms with Gasteiger partial charge in [0.05, 0.1) is 6.61 Å². The van der Waals surface area contributed by atoms with Crippen LogP contribution in [0.3, 0.4) is 0 Å². The molecule has 0 aromatic heterocycles. The first-order chi connectivity index (χ1) is 7.72. The van der Waals surface area contributed by atoms with E-state index in [1.54, 1.807) is 0 Å². The molecular weight excluding hydrogens is 198 g/mol. The molecule has 2 aromatic carbocycles. The summed E-state index contributed by atoms with van der Waals surface area (Å²) < 4.78 is 0. The number of anilines is 1. The predicted octanol–water partition coefficient (Wildman–Crippen LogP) is 2.74. The van der Waals surface area contributed by atoms with Gasteiger partial charge < -0.3 is 10.8 Å². The lowest BCUT2D eigenvalue weighted by molar-refractivity contribution is 0.282. The van der Waals surface area contributed by atoms with E-state index in [0.717, 1.165) is 16.7 Å². The molecule has 0 amide bonds. The maximum Gasteiger partial charge on any atom is 0.0702 e. The van der Waals surface area contributed by atoms with E-state index in [0.29, 0.717) is 5.69 Å². The molecule has 0 fully saturated rings. The summed E-state index contributed by atoms with van der Waals surface area (Å²) in [5.41, 5.74) is 10.7. The van der Waals surface area contributed by atoms with Gasteiger partial charge in [0.2, 0.25) is 0 Å². The van der Waals surface area contributed by atoms with Gasteiger partial charge in [0.25, 0.3) is 0 Å². The lowest BCUT2D eigenvalue weighted by Crippen LogP contribution is -1.96. The average Bonchev–Trinajstić information content (AvgIpc) is 2.29. The average molecular weight is 213 g/mol. The topological polar surface area (TPSA) is 46.2 Å². The first kappa shape index (κ1) is 10.7. The number of benzene rings is 2. The molecule has 0 spiro atoms. The van der Waals surface area contributed by atoms with Gasteiger partial charge in [-0.05, 0) is 12.5 Å². The van der Waals surface area contributed by atoms with Gasteiger partial charge in [0.1, 0.15) is 0 Å². The first-order valence-corrected chi connectivity index (χ1v) is 5.27. The zero-order valence-corrected chi connectivity index (χ0v) is 9.27. The van der Waals surface area contributed by atoms with Crippen LogP contribution >= 0.6 is 0 Å². The van der Waals surface area contributed by atoms with Gasteiger partial charge in [-0.25, -0.2) is 0 Å². The van der Waals surface area contributed by atoms with Crippen LogP contribution in [0.5, 0.6) is 0 Å². The number of hydrogen-bond donors (Lipinski definition) is 2. The van der Waals surface area contributed by atoms with Crippen LogP contribution in [0.1, 0.15) is 11.1 Å². The third-order valence-corrected chi connectivity index (χ3v) is 2.70. The van der Waals surface area contributed by atoms with Gasteiger partial charge in [0, 0.05) is 16.8 Å². The Balaban J connectivity index is 2.56. The highest BCUT2D eigenvalue weighted by Crippen LogP contribution is 2.28. The van der Waals surface area contributed by atoms with Gasteiger partial charge in [-0.3, -0.25) is 0 Å². The van der Waals surface area contributed by atoms with Crippen molar-refractivity contribution in [1.29, 1.82) is 0 Å². The highest BCUT2D eigenvalue weighted by molar-refractivity contribution is 5.78. The minimum absolute atomic E-state index is 0.0223.